The summed E-state index contributed by atoms with van der Waals surface area (Å²) in [7, 11) is 1.84. The summed E-state index contributed by atoms with van der Waals surface area (Å²) in [5.74, 6) is -5.61. The molecule has 2 heterocycles. The first-order valence-electron chi connectivity index (χ1n) is 12.3. The Kier molecular flexibility index (Phi) is 8.04. The highest BCUT2D eigenvalue weighted by atomic mass is 32.2. The van der Waals surface area contributed by atoms with Gasteiger partial charge in [-0.05, 0) is 67.7 Å². The lowest BCUT2D eigenvalue weighted by molar-refractivity contribution is 0.0696. The van der Waals surface area contributed by atoms with Crippen LogP contribution in [0.2, 0.25) is 0 Å². The number of halogens is 2. The van der Waals surface area contributed by atoms with Crippen molar-refractivity contribution in [2.75, 3.05) is 13.6 Å². The van der Waals surface area contributed by atoms with Gasteiger partial charge in [0.05, 0.1) is 11.8 Å². The summed E-state index contributed by atoms with van der Waals surface area (Å²) >= 11 is 1.37. The minimum absolute atomic E-state index is 0.132. The lowest BCUT2D eigenvalue weighted by Crippen LogP contribution is -2.19. The van der Waals surface area contributed by atoms with Crippen molar-refractivity contribution in [1.29, 1.82) is 5.41 Å². The fraction of sp³-hybridized carbons (Fsp3) is 0.103. The van der Waals surface area contributed by atoms with Gasteiger partial charge in [-0.3, -0.25) is 15.3 Å². The van der Waals surface area contributed by atoms with Crippen LogP contribution in [0.5, 0.6) is 28.9 Å². The predicted octanol–water partition coefficient (Wildman–Crippen LogP) is 5.80. The maximum atomic E-state index is 15.6. The van der Waals surface area contributed by atoms with Gasteiger partial charge in [-0.25, -0.2) is 14.2 Å². The van der Waals surface area contributed by atoms with Crippen LogP contribution in [0.3, 0.4) is 0 Å². The zero-order chi connectivity index (χ0) is 30.0. The van der Waals surface area contributed by atoms with Crippen LogP contribution in [-0.2, 0) is 0 Å². The number of carbonyl (C=O) groups is 1. The van der Waals surface area contributed by atoms with Crippen molar-refractivity contribution in [2.24, 2.45) is 10.7 Å². The third-order valence-electron chi connectivity index (χ3n) is 6.22. The van der Waals surface area contributed by atoms with E-state index in [2.05, 4.69) is 9.98 Å². The molecule has 5 rings (SSSR count). The molecule has 0 aliphatic carbocycles. The number of benzene rings is 3. The van der Waals surface area contributed by atoms with Gasteiger partial charge in [0.25, 0.3) is 5.88 Å². The number of phenolic OH excluding ortho intramolecular Hbond substituents is 1. The largest absolute Gasteiger partial charge is 0.504 e. The van der Waals surface area contributed by atoms with Gasteiger partial charge in [0.2, 0.25) is 11.6 Å². The molecule has 0 saturated heterocycles. The number of nitrogens with zero attached hydrogens (tertiary/aromatic N) is 3. The van der Waals surface area contributed by atoms with E-state index >= 15 is 4.39 Å². The molecule has 4 aromatic rings. The smallest absolute Gasteiger partial charge is 0.335 e. The number of phenols is 1. The minimum atomic E-state index is -1.26. The van der Waals surface area contributed by atoms with Gasteiger partial charge in [0, 0.05) is 33.7 Å². The molecular weight excluding hydrogens is 568 g/mol. The van der Waals surface area contributed by atoms with E-state index in [0.717, 1.165) is 16.0 Å². The lowest BCUT2D eigenvalue weighted by Gasteiger charge is -2.22. The first-order valence-corrected chi connectivity index (χ1v) is 13.2. The standard InChI is InChI=1S/C29H23F2N5O5S/c1-36-11-10-34-27(36)19-13-18(42-17-5-2-15(3-6-17)29(38)39)7-9-22(19)40-25-20(30)14-35-28(24(25)31)41-23-12-16(26(32)33)4-8-21(23)37/h2-10,12-14,27,37H,11H2,1H3,(H3,32,33)(H,38,39). The van der Waals surface area contributed by atoms with Crippen molar-refractivity contribution in [2.45, 2.75) is 16.0 Å². The summed E-state index contributed by atoms with van der Waals surface area (Å²) in [4.78, 5) is 22.8. The average Bonchev–Trinajstić information content (AvgIpc) is 3.39. The number of carboxylic acids is 1. The second-order valence-corrected chi connectivity index (χ2v) is 10.3. The Morgan fingerprint density at radius 2 is 1.76 bits per heavy atom. The van der Waals surface area contributed by atoms with Crippen molar-refractivity contribution < 1.29 is 33.3 Å². The van der Waals surface area contributed by atoms with Crippen LogP contribution in [0.4, 0.5) is 8.78 Å². The Labute approximate surface area is 242 Å². The highest BCUT2D eigenvalue weighted by Crippen LogP contribution is 2.41. The van der Waals surface area contributed by atoms with Crippen LogP contribution in [0.15, 0.2) is 81.6 Å². The third kappa shape index (κ3) is 6.01. The van der Waals surface area contributed by atoms with Gasteiger partial charge in [0.15, 0.2) is 17.3 Å². The number of nitrogen functional groups attached to an aromatic ring is 1. The lowest BCUT2D eigenvalue weighted by atomic mass is 10.1. The number of ether oxygens (including phenoxy) is 2. The zero-order valence-corrected chi connectivity index (χ0v) is 22.7. The summed E-state index contributed by atoms with van der Waals surface area (Å²) in [5, 5.41) is 26.9. The molecule has 1 aliphatic heterocycles. The highest BCUT2D eigenvalue weighted by molar-refractivity contribution is 7.99. The number of nitrogens with one attached hydrogen (secondary N) is 1. The molecule has 3 aromatic carbocycles. The first-order chi connectivity index (χ1) is 20.1. The third-order valence-corrected chi connectivity index (χ3v) is 7.22. The van der Waals surface area contributed by atoms with Crippen molar-refractivity contribution >= 4 is 29.8 Å². The molecule has 1 aliphatic rings. The number of rotatable bonds is 9. The molecule has 0 saturated carbocycles. The topological polar surface area (TPSA) is 154 Å². The van der Waals surface area contributed by atoms with Crippen LogP contribution in [0.1, 0.15) is 27.7 Å². The van der Waals surface area contributed by atoms with Crippen LogP contribution in [-0.4, -0.2) is 51.7 Å². The molecule has 0 fully saturated rings. The van der Waals surface area contributed by atoms with Gasteiger partial charge in [-0.2, -0.15) is 4.39 Å². The van der Waals surface area contributed by atoms with E-state index in [-0.39, 0.29) is 34.2 Å². The Balaban J connectivity index is 1.48. The molecule has 13 heteroatoms. The summed E-state index contributed by atoms with van der Waals surface area (Å²) in [6.45, 7) is 0.552. The quantitative estimate of drug-likeness (QED) is 0.140. The molecule has 1 aromatic heterocycles. The fourth-order valence-corrected chi connectivity index (χ4v) is 4.93. The van der Waals surface area contributed by atoms with Gasteiger partial charge in [-0.1, -0.05) is 11.8 Å². The monoisotopic (exact) mass is 591 g/mol. The zero-order valence-electron chi connectivity index (χ0n) is 21.9. The van der Waals surface area contributed by atoms with E-state index in [1.807, 2.05) is 11.9 Å². The molecular formula is C29H23F2N5O5S. The Bertz CT molecular complexity index is 1720. The van der Waals surface area contributed by atoms with Crippen LogP contribution >= 0.6 is 11.8 Å². The first kappa shape index (κ1) is 28.5. The summed E-state index contributed by atoms with van der Waals surface area (Å²) in [6, 6.07) is 15.2. The number of aliphatic imine (C=N–C) groups is 1. The van der Waals surface area contributed by atoms with Gasteiger partial charge in [0.1, 0.15) is 17.8 Å². The van der Waals surface area contributed by atoms with E-state index in [1.54, 1.807) is 36.5 Å². The van der Waals surface area contributed by atoms with Crippen molar-refractivity contribution in [3.8, 4) is 28.9 Å². The van der Waals surface area contributed by atoms with Crippen LogP contribution < -0.4 is 15.2 Å². The normalized spacial score (nSPS) is 14.6. The van der Waals surface area contributed by atoms with Crippen molar-refractivity contribution in [1.82, 2.24) is 9.88 Å². The van der Waals surface area contributed by atoms with Crippen molar-refractivity contribution in [3.63, 3.8) is 0 Å². The number of aromatic nitrogens is 1. The number of carboxylic acid groups (broad SMARTS) is 1. The molecule has 0 spiro atoms. The molecule has 0 radical (unpaired) electrons. The number of hydrogen-bond acceptors (Lipinski definition) is 9. The molecule has 42 heavy (non-hydrogen) atoms. The Morgan fingerprint density at radius 1 is 1.05 bits per heavy atom. The minimum Gasteiger partial charge on any atom is -0.504 e. The highest BCUT2D eigenvalue weighted by Gasteiger charge is 2.27. The predicted molar refractivity (Wildman–Crippen MR) is 151 cm³/mol. The van der Waals surface area contributed by atoms with E-state index in [0.29, 0.717) is 12.1 Å². The second kappa shape index (κ2) is 11.8. The van der Waals surface area contributed by atoms with Crippen LogP contribution in [0.25, 0.3) is 0 Å². The second-order valence-electron chi connectivity index (χ2n) is 9.13. The summed E-state index contributed by atoms with van der Waals surface area (Å²) in [6.07, 6.45) is 1.95. The number of hydrogen-bond donors (Lipinski definition) is 4. The number of pyridine rings is 1. The van der Waals surface area contributed by atoms with Gasteiger partial charge >= 0.3 is 5.97 Å². The summed E-state index contributed by atoms with van der Waals surface area (Å²) < 4.78 is 41.6. The molecule has 10 nitrogen and oxygen atoms in total. The van der Waals surface area contributed by atoms with E-state index in [9.17, 15) is 14.3 Å². The van der Waals surface area contributed by atoms with E-state index in [4.69, 9.17) is 25.7 Å². The van der Waals surface area contributed by atoms with Gasteiger partial charge < -0.3 is 25.4 Å². The number of nitrogens with two attached hydrogens (primary N) is 1. The number of amidine groups is 1. The molecule has 1 atom stereocenters. The molecule has 5 N–H and O–H groups in total. The van der Waals surface area contributed by atoms with E-state index < -0.39 is 35.4 Å². The maximum absolute atomic E-state index is 15.6. The number of aromatic carboxylic acids is 1. The molecule has 0 amide bonds. The molecule has 1 unspecified atom stereocenters. The number of aromatic hydroxyl groups is 1. The summed E-state index contributed by atoms with van der Waals surface area (Å²) in [5.41, 5.74) is 6.39. The molecule has 214 valence electrons. The van der Waals surface area contributed by atoms with Crippen molar-refractivity contribution in [3.05, 3.63) is 95.2 Å². The molecule has 0 bridgehead atoms. The van der Waals surface area contributed by atoms with Crippen LogP contribution in [0, 0.1) is 17.0 Å². The fourth-order valence-electron chi connectivity index (χ4n) is 4.07. The SMILES string of the molecule is CN1CC=NC1c1cc(Sc2ccc(C(=O)O)cc2)ccc1Oc1c(F)cnc(Oc2cc(C(=N)N)ccc2O)c1F. The van der Waals surface area contributed by atoms with Gasteiger partial charge in [-0.15, -0.1) is 0 Å². The maximum Gasteiger partial charge on any atom is 0.335 e. The Hall–Kier alpha value is -5.01. The van der Waals surface area contributed by atoms with E-state index in [1.165, 1.54) is 42.1 Å². The Morgan fingerprint density at radius 3 is 2.43 bits per heavy atom. The average molecular weight is 592 g/mol.